The molecule has 0 radical (unpaired) electrons. The van der Waals surface area contributed by atoms with Crippen LogP contribution in [0.2, 0.25) is 10.0 Å². The van der Waals surface area contributed by atoms with Crippen LogP contribution in [0.3, 0.4) is 0 Å². The molecule has 6 rings (SSSR count). The summed E-state index contributed by atoms with van der Waals surface area (Å²) in [5, 5.41) is 16.6. The largest absolute Gasteiger partial charge is 0.492 e. The summed E-state index contributed by atoms with van der Waals surface area (Å²) < 4.78 is 18.9. The standard InChI is InChI=1S/C40H43Cl2N5O4/c1-26-30(8-3-9-32(26)33-10-4-12-36(39(33)42)49-23-27-7-6-14-47(2)22-27)25-51-38-17-37(50-24-29-15-28(18-43)19-44-20-29)31(16-34(38)41)21-46-35-11-5-13-45-40(35)48/h3-4,8-10,12,15-17,19-20,27,35,46H,5-7,11,13-14,21-25H2,1-2H3,(H,45,48)/t27?,35-/m0/s1. The fraction of sp³-hybridized carbons (Fsp3) is 0.375. The van der Waals surface area contributed by atoms with Gasteiger partial charge in [0.25, 0.3) is 0 Å². The first-order valence-electron chi connectivity index (χ1n) is 17.4. The lowest BCUT2D eigenvalue weighted by Gasteiger charge is -2.29. The number of ether oxygens (including phenoxy) is 3. The van der Waals surface area contributed by atoms with E-state index in [9.17, 15) is 10.1 Å². The van der Waals surface area contributed by atoms with Crippen molar-refractivity contribution in [2.75, 3.05) is 33.3 Å². The monoisotopic (exact) mass is 727 g/mol. The molecular formula is C40H43Cl2N5O4. The second kappa shape index (κ2) is 17.3. The molecule has 3 heterocycles. The molecule has 266 valence electrons. The van der Waals surface area contributed by atoms with E-state index >= 15 is 0 Å². The highest BCUT2D eigenvalue weighted by Gasteiger charge is 2.23. The molecule has 2 saturated heterocycles. The van der Waals surface area contributed by atoms with Gasteiger partial charge in [-0.05, 0) is 81.1 Å². The van der Waals surface area contributed by atoms with E-state index in [1.807, 2.05) is 36.4 Å². The number of benzene rings is 3. The molecule has 1 amide bonds. The van der Waals surface area contributed by atoms with Crippen molar-refractivity contribution >= 4 is 29.1 Å². The quantitative estimate of drug-likeness (QED) is 0.146. The fourth-order valence-electron chi connectivity index (χ4n) is 6.68. The lowest BCUT2D eigenvalue weighted by atomic mass is 9.96. The smallest absolute Gasteiger partial charge is 0.237 e. The first kappa shape index (κ1) is 36.5. The molecule has 0 saturated carbocycles. The SMILES string of the molecule is Cc1c(COc2cc(OCc3cncc(C#N)c3)c(CN[C@H]3CCCNC3=O)cc2Cl)cccc1-c1cccc(OCC2CCCN(C)C2)c1Cl. The van der Waals surface area contributed by atoms with E-state index in [0.29, 0.717) is 58.5 Å². The first-order valence-corrected chi connectivity index (χ1v) is 18.2. The zero-order valence-electron chi connectivity index (χ0n) is 29.0. The minimum absolute atomic E-state index is 0.0141. The van der Waals surface area contributed by atoms with Crippen LogP contribution in [0.4, 0.5) is 0 Å². The number of nitrogens with one attached hydrogen (secondary N) is 2. The van der Waals surface area contributed by atoms with Crippen molar-refractivity contribution in [3.63, 3.8) is 0 Å². The fourth-order valence-corrected chi connectivity index (χ4v) is 7.21. The summed E-state index contributed by atoms with van der Waals surface area (Å²) in [6.07, 6.45) is 7.18. The average molecular weight is 729 g/mol. The van der Waals surface area contributed by atoms with E-state index in [-0.39, 0.29) is 25.2 Å². The number of carbonyl (C=O) groups is 1. The Hall–Kier alpha value is -4.33. The summed E-state index contributed by atoms with van der Waals surface area (Å²) in [6.45, 7) is 6.36. The Balaban J connectivity index is 1.19. The Morgan fingerprint density at radius 2 is 1.78 bits per heavy atom. The third kappa shape index (κ3) is 9.32. The molecule has 2 fully saturated rings. The van der Waals surface area contributed by atoms with Gasteiger partial charge in [0.05, 0.1) is 28.3 Å². The summed E-state index contributed by atoms with van der Waals surface area (Å²) >= 11 is 13.8. The molecule has 3 aromatic carbocycles. The lowest BCUT2D eigenvalue weighted by Crippen LogP contribution is -2.47. The molecule has 0 aliphatic carbocycles. The van der Waals surface area contributed by atoms with Crippen LogP contribution in [0, 0.1) is 24.2 Å². The van der Waals surface area contributed by atoms with Crippen molar-refractivity contribution in [1.29, 1.82) is 5.26 Å². The summed E-state index contributed by atoms with van der Waals surface area (Å²) in [4.78, 5) is 18.9. The van der Waals surface area contributed by atoms with Crippen molar-refractivity contribution in [3.8, 4) is 34.4 Å². The molecule has 0 bridgehead atoms. The van der Waals surface area contributed by atoms with Gasteiger partial charge in [-0.2, -0.15) is 5.26 Å². The second-order valence-electron chi connectivity index (χ2n) is 13.3. The Morgan fingerprint density at radius 1 is 0.961 bits per heavy atom. The first-order chi connectivity index (χ1) is 24.8. The molecule has 2 aliphatic rings. The van der Waals surface area contributed by atoms with E-state index in [1.54, 1.807) is 18.3 Å². The summed E-state index contributed by atoms with van der Waals surface area (Å²) in [6, 6.07) is 19.2. The van der Waals surface area contributed by atoms with Crippen LogP contribution in [-0.4, -0.2) is 55.1 Å². The van der Waals surface area contributed by atoms with E-state index in [0.717, 1.165) is 65.7 Å². The van der Waals surface area contributed by atoms with Crippen LogP contribution in [-0.2, 0) is 24.6 Å². The molecule has 9 nitrogen and oxygen atoms in total. The summed E-state index contributed by atoms with van der Waals surface area (Å²) in [5.74, 6) is 2.17. The predicted octanol–water partition coefficient (Wildman–Crippen LogP) is 7.48. The average Bonchev–Trinajstić information content (AvgIpc) is 3.14. The van der Waals surface area contributed by atoms with Gasteiger partial charge in [-0.15, -0.1) is 0 Å². The number of hydrogen-bond acceptors (Lipinski definition) is 8. The van der Waals surface area contributed by atoms with Crippen molar-refractivity contribution in [1.82, 2.24) is 20.5 Å². The van der Waals surface area contributed by atoms with Gasteiger partial charge in [0.1, 0.15) is 36.5 Å². The molecule has 1 aromatic heterocycles. The summed E-state index contributed by atoms with van der Waals surface area (Å²) in [7, 11) is 2.16. The van der Waals surface area contributed by atoms with E-state index in [2.05, 4.69) is 46.6 Å². The molecule has 11 heteroatoms. The Morgan fingerprint density at radius 3 is 2.61 bits per heavy atom. The molecule has 4 aromatic rings. The maximum Gasteiger partial charge on any atom is 0.237 e. The molecule has 0 spiro atoms. The van der Waals surface area contributed by atoms with Gasteiger partial charge in [-0.3, -0.25) is 9.78 Å². The Kier molecular flexibility index (Phi) is 12.3. The van der Waals surface area contributed by atoms with Gasteiger partial charge in [0.2, 0.25) is 5.91 Å². The minimum Gasteiger partial charge on any atom is -0.492 e. The Labute approximate surface area is 309 Å². The van der Waals surface area contributed by atoms with Crippen LogP contribution in [0.15, 0.2) is 67.0 Å². The van der Waals surface area contributed by atoms with E-state index in [1.165, 1.54) is 12.6 Å². The number of rotatable bonds is 13. The van der Waals surface area contributed by atoms with E-state index in [4.69, 9.17) is 37.4 Å². The van der Waals surface area contributed by atoms with Gasteiger partial charge < -0.3 is 29.7 Å². The number of amides is 1. The maximum absolute atomic E-state index is 12.4. The van der Waals surface area contributed by atoms with Crippen molar-refractivity contribution in [2.45, 2.75) is 58.4 Å². The molecule has 2 N–H and O–H groups in total. The van der Waals surface area contributed by atoms with Crippen molar-refractivity contribution in [2.24, 2.45) is 5.92 Å². The van der Waals surface area contributed by atoms with Crippen molar-refractivity contribution < 1.29 is 19.0 Å². The highest BCUT2D eigenvalue weighted by Crippen LogP contribution is 2.39. The third-order valence-electron chi connectivity index (χ3n) is 9.54. The van der Waals surface area contributed by atoms with Crippen molar-refractivity contribution in [3.05, 3.63) is 105 Å². The highest BCUT2D eigenvalue weighted by atomic mass is 35.5. The number of carbonyl (C=O) groups excluding carboxylic acids is 1. The van der Waals surface area contributed by atoms with Crippen LogP contribution < -0.4 is 24.8 Å². The number of likely N-dealkylation sites (tertiary alicyclic amines) is 1. The van der Waals surface area contributed by atoms with Gasteiger partial charge >= 0.3 is 0 Å². The van der Waals surface area contributed by atoms with Crippen LogP contribution in [0.1, 0.15) is 53.5 Å². The minimum atomic E-state index is -0.298. The van der Waals surface area contributed by atoms with Gasteiger partial charge in [-0.1, -0.05) is 53.5 Å². The third-order valence-corrected chi connectivity index (χ3v) is 10.2. The zero-order chi connectivity index (χ0) is 35.7. The number of hydrogen-bond donors (Lipinski definition) is 2. The van der Waals surface area contributed by atoms with E-state index < -0.39 is 0 Å². The van der Waals surface area contributed by atoms with Crippen LogP contribution in [0.25, 0.3) is 11.1 Å². The number of halogens is 2. The number of nitriles is 1. The second-order valence-corrected chi connectivity index (χ2v) is 14.1. The predicted molar refractivity (Wildman–Crippen MR) is 199 cm³/mol. The van der Waals surface area contributed by atoms with Crippen LogP contribution >= 0.6 is 23.2 Å². The maximum atomic E-state index is 12.4. The number of pyridine rings is 1. The lowest BCUT2D eigenvalue weighted by molar-refractivity contribution is -0.124. The molecule has 51 heavy (non-hydrogen) atoms. The number of piperidine rings is 2. The summed E-state index contributed by atoms with van der Waals surface area (Å²) in [5.41, 5.74) is 5.90. The van der Waals surface area contributed by atoms with Gasteiger partial charge in [0, 0.05) is 60.7 Å². The number of aromatic nitrogens is 1. The Bertz CT molecular complexity index is 1900. The molecular weight excluding hydrogens is 685 g/mol. The topological polar surface area (TPSA) is 109 Å². The highest BCUT2D eigenvalue weighted by molar-refractivity contribution is 6.35. The molecule has 2 atom stereocenters. The normalized spacial score (nSPS) is 17.7. The van der Waals surface area contributed by atoms with Crippen LogP contribution in [0.5, 0.6) is 17.2 Å². The van der Waals surface area contributed by atoms with Gasteiger partial charge in [-0.25, -0.2) is 0 Å². The zero-order valence-corrected chi connectivity index (χ0v) is 30.5. The van der Waals surface area contributed by atoms with Gasteiger partial charge in [0.15, 0.2) is 0 Å². The molecule has 2 aliphatic heterocycles. The number of nitrogens with zero attached hydrogens (tertiary/aromatic N) is 3. The molecule has 1 unspecified atom stereocenters.